The summed E-state index contributed by atoms with van der Waals surface area (Å²) in [6.07, 6.45) is 1.43. The van der Waals surface area contributed by atoms with Crippen molar-refractivity contribution in [3.63, 3.8) is 0 Å². The second-order valence-electron chi connectivity index (χ2n) is 6.69. The van der Waals surface area contributed by atoms with Crippen LogP contribution >= 0.6 is 0 Å². The quantitative estimate of drug-likeness (QED) is 0.776. The standard InChI is InChI=1S/C18H18F4N4O2/c1-10(17(28)25-15-6-13(19)14(20)8-23-15)26-5-4-18(21,22)12(9-26)11-2-3-16(27)24-7-11/h2-3,6-8,10,12H,4-5,9H2,1H3,(H,24,27)(H,23,25,28)/t10?,12-/m1/s1. The van der Waals surface area contributed by atoms with Gasteiger partial charge in [0.05, 0.1) is 18.2 Å². The van der Waals surface area contributed by atoms with E-state index in [-0.39, 0.29) is 24.5 Å². The molecule has 0 bridgehead atoms. The number of rotatable bonds is 4. The number of likely N-dealkylation sites (tertiary alicyclic amines) is 1. The van der Waals surface area contributed by atoms with E-state index in [1.165, 1.54) is 25.3 Å². The number of nitrogens with zero attached hydrogens (tertiary/aromatic N) is 2. The first-order chi connectivity index (χ1) is 13.2. The van der Waals surface area contributed by atoms with E-state index in [9.17, 15) is 27.2 Å². The number of halogens is 4. The van der Waals surface area contributed by atoms with E-state index in [2.05, 4.69) is 15.3 Å². The number of hydrogen-bond donors (Lipinski definition) is 2. The first-order valence-electron chi connectivity index (χ1n) is 8.60. The van der Waals surface area contributed by atoms with Gasteiger partial charge < -0.3 is 10.3 Å². The third kappa shape index (κ3) is 4.22. The Balaban J connectivity index is 1.73. The zero-order valence-corrected chi connectivity index (χ0v) is 14.9. The molecule has 10 heteroatoms. The molecule has 6 nitrogen and oxygen atoms in total. The van der Waals surface area contributed by atoms with Crippen LogP contribution in [0.2, 0.25) is 0 Å². The molecule has 1 fully saturated rings. The highest BCUT2D eigenvalue weighted by Crippen LogP contribution is 2.40. The van der Waals surface area contributed by atoms with Crippen molar-refractivity contribution >= 4 is 11.7 Å². The highest BCUT2D eigenvalue weighted by atomic mass is 19.3. The minimum Gasteiger partial charge on any atom is -0.329 e. The van der Waals surface area contributed by atoms with Crippen LogP contribution in [0.5, 0.6) is 0 Å². The second-order valence-corrected chi connectivity index (χ2v) is 6.69. The van der Waals surface area contributed by atoms with E-state index in [1.807, 2.05) is 0 Å². The molecule has 2 atom stereocenters. The molecule has 1 saturated heterocycles. The average molecular weight is 398 g/mol. The van der Waals surface area contributed by atoms with Gasteiger partial charge in [0.25, 0.3) is 5.92 Å². The van der Waals surface area contributed by atoms with Crippen molar-refractivity contribution < 1.29 is 22.4 Å². The molecule has 150 valence electrons. The Bertz CT molecular complexity index is 914. The maximum Gasteiger partial charge on any atom is 0.257 e. The molecule has 28 heavy (non-hydrogen) atoms. The second kappa shape index (κ2) is 7.70. The molecule has 0 spiro atoms. The van der Waals surface area contributed by atoms with Gasteiger partial charge in [0.15, 0.2) is 11.6 Å². The molecule has 1 unspecified atom stereocenters. The fourth-order valence-electron chi connectivity index (χ4n) is 3.15. The lowest BCUT2D eigenvalue weighted by Crippen LogP contribution is -2.52. The number of H-pyrrole nitrogens is 1. The molecule has 0 aromatic carbocycles. The Kier molecular flexibility index (Phi) is 5.50. The Hall–Kier alpha value is -2.75. The zero-order valence-electron chi connectivity index (χ0n) is 14.9. The van der Waals surface area contributed by atoms with Gasteiger partial charge in [0, 0.05) is 37.8 Å². The molecule has 0 aliphatic carbocycles. The summed E-state index contributed by atoms with van der Waals surface area (Å²) >= 11 is 0. The molecule has 1 aliphatic rings. The predicted octanol–water partition coefficient (Wildman–Crippen LogP) is 2.50. The summed E-state index contributed by atoms with van der Waals surface area (Å²) in [5.41, 5.74) is -0.129. The number of alkyl halides is 2. The van der Waals surface area contributed by atoms with Crippen LogP contribution in [0.1, 0.15) is 24.8 Å². The number of carbonyl (C=O) groups is 1. The Morgan fingerprint density at radius 1 is 1.36 bits per heavy atom. The summed E-state index contributed by atoms with van der Waals surface area (Å²) < 4.78 is 55.0. The molecule has 3 rings (SSSR count). The van der Waals surface area contributed by atoms with Gasteiger partial charge in [0.2, 0.25) is 11.5 Å². The third-order valence-corrected chi connectivity index (χ3v) is 4.86. The van der Waals surface area contributed by atoms with Gasteiger partial charge in [-0.2, -0.15) is 0 Å². The highest BCUT2D eigenvalue weighted by Gasteiger charge is 2.46. The molecule has 0 radical (unpaired) electrons. The molecular weight excluding hydrogens is 380 g/mol. The van der Waals surface area contributed by atoms with Crippen LogP contribution in [0.15, 0.2) is 35.4 Å². The Morgan fingerprint density at radius 2 is 2.11 bits per heavy atom. The lowest BCUT2D eigenvalue weighted by molar-refractivity contribution is -0.125. The molecule has 1 amide bonds. The first-order valence-corrected chi connectivity index (χ1v) is 8.60. The molecular formula is C18H18F4N4O2. The van der Waals surface area contributed by atoms with Gasteiger partial charge in [0.1, 0.15) is 5.82 Å². The number of pyridine rings is 2. The molecule has 2 aromatic heterocycles. The summed E-state index contributed by atoms with van der Waals surface area (Å²) in [5.74, 6) is -7.25. The number of nitrogens with one attached hydrogen (secondary N) is 2. The van der Waals surface area contributed by atoms with Gasteiger partial charge in [-0.25, -0.2) is 22.5 Å². The maximum absolute atomic E-state index is 14.4. The summed E-state index contributed by atoms with van der Waals surface area (Å²) in [6.45, 7) is 1.40. The normalized spacial score (nSPS) is 20.5. The van der Waals surface area contributed by atoms with E-state index < -0.39 is 47.4 Å². The van der Waals surface area contributed by atoms with E-state index in [0.29, 0.717) is 6.20 Å². The fourth-order valence-corrected chi connectivity index (χ4v) is 3.15. The lowest BCUT2D eigenvalue weighted by Gasteiger charge is -2.40. The SMILES string of the molecule is CC(C(=O)Nc1cc(F)c(F)cn1)N1CCC(F)(F)[C@@H](c2ccc(=O)[nH]c2)C1. The van der Waals surface area contributed by atoms with Gasteiger partial charge in [-0.1, -0.05) is 6.07 Å². The zero-order chi connectivity index (χ0) is 20.5. The molecule has 2 N–H and O–H groups in total. The minimum absolute atomic E-state index is 0.0212. The molecule has 1 aliphatic heterocycles. The number of carbonyl (C=O) groups excluding carboxylic acids is 1. The van der Waals surface area contributed by atoms with Crippen LogP contribution in [0.25, 0.3) is 0 Å². The number of piperidine rings is 1. The van der Waals surface area contributed by atoms with Crippen LogP contribution in [-0.2, 0) is 4.79 Å². The maximum atomic E-state index is 14.4. The third-order valence-electron chi connectivity index (χ3n) is 4.86. The van der Waals surface area contributed by atoms with E-state index in [4.69, 9.17) is 0 Å². The van der Waals surface area contributed by atoms with Gasteiger partial charge >= 0.3 is 0 Å². The summed E-state index contributed by atoms with van der Waals surface area (Å²) in [4.78, 5) is 31.1. The number of hydrogen-bond acceptors (Lipinski definition) is 4. The smallest absolute Gasteiger partial charge is 0.257 e. The number of anilines is 1. The predicted molar refractivity (Wildman–Crippen MR) is 93.2 cm³/mol. The van der Waals surface area contributed by atoms with Crippen molar-refractivity contribution in [2.24, 2.45) is 0 Å². The van der Waals surface area contributed by atoms with Crippen molar-refractivity contribution in [1.82, 2.24) is 14.9 Å². The monoisotopic (exact) mass is 398 g/mol. The summed E-state index contributed by atoms with van der Waals surface area (Å²) in [6, 6.07) is 2.45. The molecule has 0 saturated carbocycles. The number of amides is 1. The van der Waals surface area contributed by atoms with Crippen molar-refractivity contribution in [3.05, 3.63) is 58.1 Å². The van der Waals surface area contributed by atoms with Crippen molar-refractivity contribution in [3.8, 4) is 0 Å². The molecule has 2 aromatic rings. The topological polar surface area (TPSA) is 78.1 Å². The summed E-state index contributed by atoms with van der Waals surface area (Å²) in [7, 11) is 0. The Morgan fingerprint density at radius 3 is 2.75 bits per heavy atom. The number of aromatic nitrogens is 2. The van der Waals surface area contributed by atoms with Gasteiger partial charge in [-0.15, -0.1) is 0 Å². The van der Waals surface area contributed by atoms with Crippen molar-refractivity contribution in [2.75, 3.05) is 18.4 Å². The van der Waals surface area contributed by atoms with Crippen molar-refractivity contribution in [2.45, 2.75) is 31.2 Å². The average Bonchev–Trinajstić information content (AvgIpc) is 2.65. The first kappa shape index (κ1) is 20.0. The number of aromatic amines is 1. The minimum atomic E-state index is -2.99. The van der Waals surface area contributed by atoms with Crippen LogP contribution < -0.4 is 10.9 Å². The van der Waals surface area contributed by atoms with Crippen LogP contribution in [-0.4, -0.2) is 45.8 Å². The van der Waals surface area contributed by atoms with E-state index >= 15 is 0 Å². The van der Waals surface area contributed by atoms with Crippen LogP contribution in [0, 0.1) is 11.6 Å². The molecule has 3 heterocycles. The fraction of sp³-hybridized carbons (Fsp3) is 0.389. The summed E-state index contributed by atoms with van der Waals surface area (Å²) in [5, 5.41) is 2.36. The van der Waals surface area contributed by atoms with Gasteiger partial charge in [-0.3, -0.25) is 14.5 Å². The lowest BCUT2D eigenvalue weighted by atomic mass is 9.87. The van der Waals surface area contributed by atoms with E-state index in [1.54, 1.807) is 4.90 Å². The van der Waals surface area contributed by atoms with Crippen LogP contribution in [0.4, 0.5) is 23.4 Å². The highest BCUT2D eigenvalue weighted by molar-refractivity contribution is 5.93. The van der Waals surface area contributed by atoms with Crippen molar-refractivity contribution in [1.29, 1.82) is 0 Å². The Labute approximate surface area is 157 Å². The largest absolute Gasteiger partial charge is 0.329 e. The van der Waals surface area contributed by atoms with Crippen LogP contribution in [0.3, 0.4) is 0 Å². The van der Waals surface area contributed by atoms with Gasteiger partial charge in [-0.05, 0) is 12.5 Å². The van der Waals surface area contributed by atoms with E-state index in [0.717, 1.165) is 6.07 Å².